The van der Waals surface area contributed by atoms with Crippen molar-refractivity contribution in [2.75, 3.05) is 25.3 Å². The van der Waals surface area contributed by atoms with E-state index in [-0.39, 0.29) is 0 Å². The summed E-state index contributed by atoms with van der Waals surface area (Å²) in [7, 11) is 3.23. The number of ether oxygens (including phenoxy) is 2. The molecular weight excluding hydrogens is 286 g/mol. The van der Waals surface area contributed by atoms with Gasteiger partial charge in [0.1, 0.15) is 0 Å². The number of nitrogens with one attached hydrogen (secondary N) is 1. The van der Waals surface area contributed by atoms with Gasteiger partial charge in [0.15, 0.2) is 16.6 Å². The van der Waals surface area contributed by atoms with Crippen LogP contribution in [0.1, 0.15) is 0 Å². The summed E-state index contributed by atoms with van der Waals surface area (Å²) in [5.41, 5.74) is 8.34. The zero-order valence-corrected chi connectivity index (χ0v) is 12.5. The fourth-order valence-corrected chi connectivity index (χ4v) is 2.97. The quantitative estimate of drug-likeness (QED) is 0.720. The van der Waals surface area contributed by atoms with Crippen molar-refractivity contribution >= 4 is 38.1 Å². The van der Waals surface area contributed by atoms with Crippen molar-refractivity contribution in [3.63, 3.8) is 0 Å². The van der Waals surface area contributed by atoms with Crippen LogP contribution in [0.3, 0.4) is 0 Å². The van der Waals surface area contributed by atoms with E-state index in [9.17, 15) is 0 Å². The maximum Gasteiger partial charge on any atom is 0.188 e. The van der Waals surface area contributed by atoms with Crippen LogP contribution in [0.25, 0.3) is 10.2 Å². The molecule has 3 N–H and O–H groups in total. The van der Waals surface area contributed by atoms with Crippen molar-refractivity contribution < 1.29 is 9.47 Å². The van der Waals surface area contributed by atoms with Crippen molar-refractivity contribution in [1.82, 2.24) is 4.98 Å². The normalized spacial score (nSPS) is 10.6. The first kappa shape index (κ1) is 13.5. The number of thiazole rings is 1. The van der Waals surface area contributed by atoms with Gasteiger partial charge in [0.2, 0.25) is 0 Å². The predicted molar refractivity (Wildman–Crippen MR) is 86.9 cm³/mol. The minimum atomic E-state index is 0.674. The zero-order valence-electron chi connectivity index (χ0n) is 11.7. The average Bonchev–Trinajstić information content (AvgIpc) is 2.88. The molecule has 108 valence electrons. The van der Waals surface area contributed by atoms with Gasteiger partial charge in [0.25, 0.3) is 0 Å². The molecule has 0 spiro atoms. The third-order valence-electron chi connectivity index (χ3n) is 3.05. The molecule has 0 aliphatic heterocycles. The highest BCUT2D eigenvalue weighted by Crippen LogP contribution is 2.33. The number of nitrogen functional groups attached to an aromatic ring is 1. The first-order chi connectivity index (χ1) is 10.2. The molecule has 1 aromatic heterocycles. The Labute approximate surface area is 126 Å². The molecule has 3 rings (SSSR count). The molecule has 5 nitrogen and oxygen atoms in total. The summed E-state index contributed by atoms with van der Waals surface area (Å²) < 4.78 is 11.6. The van der Waals surface area contributed by atoms with Crippen LogP contribution in [0.2, 0.25) is 0 Å². The number of hydrogen-bond acceptors (Lipinski definition) is 6. The molecule has 6 heteroatoms. The summed E-state index contributed by atoms with van der Waals surface area (Å²) in [6.07, 6.45) is 0. The van der Waals surface area contributed by atoms with Crippen molar-refractivity contribution in [1.29, 1.82) is 0 Å². The number of methoxy groups -OCH3 is 2. The van der Waals surface area contributed by atoms with Gasteiger partial charge >= 0.3 is 0 Å². The third kappa shape index (κ3) is 2.71. The Morgan fingerprint density at radius 2 is 1.86 bits per heavy atom. The van der Waals surface area contributed by atoms with Crippen LogP contribution in [0.15, 0.2) is 36.4 Å². The van der Waals surface area contributed by atoms with Gasteiger partial charge in [-0.2, -0.15) is 0 Å². The fourth-order valence-electron chi connectivity index (χ4n) is 2.03. The van der Waals surface area contributed by atoms with E-state index in [1.807, 2.05) is 36.4 Å². The Bertz CT molecular complexity index is 786. The lowest BCUT2D eigenvalue weighted by atomic mass is 10.3. The number of hydrogen-bond donors (Lipinski definition) is 2. The lowest BCUT2D eigenvalue weighted by Crippen LogP contribution is -1.93. The number of anilines is 3. The minimum Gasteiger partial charge on any atom is -0.493 e. The number of benzene rings is 2. The summed E-state index contributed by atoms with van der Waals surface area (Å²) in [5.74, 6) is 1.37. The standard InChI is InChI=1S/C15H15N3O2S/c1-19-12-6-4-10(8-13(12)20-2)17-15-18-11-5-3-9(16)7-14(11)21-15/h3-8H,16H2,1-2H3,(H,17,18). The number of aromatic nitrogens is 1. The van der Waals surface area contributed by atoms with E-state index < -0.39 is 0 Å². The topological polar surface area (TPSA) is 69.4 Å². The second-order valence-electron chi connectivity index (χ2n) is 4.44. The molecule has 0 bridgehead atoms. The van der Waals surface area contributed by atoms with Crippen LogP contribution in [0, 0.1) is 0 Å². The maximum absolute atomic E-state index is 5.78. The molecule has 2 aromatic carbocycles. The Kier molecular flexibility index (Phi) is 3.53. The van der Waals surface area contributed by atoms with Gasteiger partial charge in [0.05, 0.1) is 24.4 Å². The summed E-state index contributed by atoms with van der Waals surface area (Å²) in [6, 6.07) is 11.3. The van der Waals surface area contributed by atoms with Gasteiger partial charge in [-0.15, -0.1) is 0 Å². The van der Waals surface area contributed by atoms with Crippen LogP contribution in [0.4, 0.5) is 16.5 Å². The van der Waals surface area contributed by atoms with Crippen molar-refractivity contribution in [3.8, 4) is 11.5 Å². The highest BCUT2D eigenvalue weighted by Gasteiger charge is 2.07. The van der Waals surface area contributed by atoms with Gasteiger partial charge < -0.3 is 20.5 Å². The van der Waals surface area contributed by atoms with Crippen LogP contribution in [-0.2, 0) is 0 Å². The van der Waals surface area contributed by atoms with Crippen molar-refractivity contribution in [3.05, 3.63) is 36.4 Å². The third-order valence-corrected chi connectivity index (χ3v) is 3.98. The molecule has 1 heterocycles. The molecule has 0 amide bonds. The Balaban J connectivity index is 1.91. The number of nitrogens with two attached hydrogens (primary N) is 1. The van der Waals surface area contributed by atoms with Gasteiger partial charge in [-0.25, -0.2) is 4.98 Å². The van der Waals surface area contributed by atoms with E-state index >= 15 is 0 Å². The first-order valence-electron chi connectivity index (χ1n) is 6.34. The molecule has 21 heavy (non-hydrogen) atoms. The average molecular weight is 301 g/mol. The van der Waals surface area contributed by atoms with E-state index in [1.54, 1.807) is 25.6 Å². The molecule has 3 aromatic rings. The van der Waals surface area contributed by atoms with Crippen LogP contribution >= 0.6 is 11.3 Å². The SMILES string of the molecule is COc1ccc(Nc2nc3ccc(N)cc3s2)cc1OC. The van der Waals surface area contributed by atoms with E-state index in [2.05, 4.69) is 10.3 Å². The maximum atomic E-state index is 5.78. The van der Waals surface area contributed by atoms with E-state index in [1.165, 1.54) is 0 Å². The van der Waals surface area contributed by atoms with E-state index in [0.717, 1.165) is 26.7 Å². The largest absolute Gasteiger partial charge is 0.493 e. The van der Waals surface area contributed by atoms with Crippen molar-refractivity contribution in [2.24, 2.45) is 0 Å². The Morgan fingerprint density at radius 3 is 2.62 bits per heavy atom. The van der Waals surface area contributed by atoms with Crippen molar-refractivity contribution in [2.45, 2.75) is 0 Å². The van der Waals surface area contributed by atoms with Gasteiger partial charge in [0, 0.05) is 17.4 Å². The molecular formula is C15H15N3O2S. The predicted octanol–water partition coefficient (Wildman–Crippen LogP) is 3.64. The lowest BCUT2D eigenvalue weighted by molar-refractivity contribution is 0.355. The van der Waals surface area contributed by atoms with Gasteiger partial charge in [-0.1, -0.05) is 11.3 Å². The van der Waals surface area contributed by atoms with Crippen LogP contribution in [0.5, 0.6) is 11.5 Å². The molecule has 0 saturated heterocycles. The Hall–Kier alpha value is -2.47. The monoisotopic (exact) mass is 301 g/mol. The molecule has 0 radical (unpaired) electrons. The zero-order chi connectivity index (χ0) is 14.8. The molecule has 0 fully saturated rings. The van der Waals surface area contributed by atoms with E-state index in [0.29, 0.717) is 11.5 Å². The van der Waals surface area contributed by atoms with E-state index in [4.69, 9.17) is 15.2 Å². The lowest BCUT2D eigenvalue weighted by Gasteiger charge is -2.09. The molecule has 0 atom stereocenters. The molecule has 0 aliphatic rings. The smallest absolute Gasteiger partial charge is 0.188 e. The fraction of sp³-hybridized carbons (Fsp3) is 0.133. The van der Waals surface area contributed by atoms with Crippen LogP contribution < -0.4 is 20.5 Å². The number of rotatable bonds is 4. The first-order valence-corrected chi connectivity index (χ1v) is 7.16. The second-order valence-corrected chi connectivity index (χ2v) is 5.47. The Morgan fingerprint density at radius 1 is 1.05 bits per heavy atom. The summed E-state index contributed by atoms with van der Waals surface area (Å²) in [6.45, 7) is 0. The highest BCUT2D eigenvalue weighted by molar-refractivity contribution is 7.22. The summed E-state index contributed by atoms with van der Waals surface area (Å²) >= 11 is 1.56. The second kappa shape index (κ2) is 5.49. The molecule has 0 aliphatic carbocycles. The highest BCUT2D eigenvalue weighted by atomic mass is 32.1. The number of nitrogens with zero attached hydrogens (tertiary/aromatic N) is 1. The van der Waals surface area contributed by atoms with Crippen LogP contribution in [-0.4, -0.2) is 19.2 Å². The minimum absolute atomic E-state index is 0.674. The summed E-state index contributed by atoms with van der Waals surface area (Å²) in [5, 5.41) is 4.08. The van der Waals surface area contributed by atoms with Gasteiger partial charge in [-0.3, -0.25) is 0 Å². The molecule has 0 saturated carbocycles. The molecule has 0 unspecified atom stereocenters. The number of fused-ring (bicyclic) bond motifs is 1. The van der Waals surface area contributed by atoms with Gasteiger partial charge in [-0.05, 0) is 30.3 Å². The summed E-state index contributed by atoms with van der Waals surface area (Å²) in [4.78, 5) is 4.53.